The highest BCUT2D eigenvalue weighted by atomic mass is 16.6. The fraction of sp³-hybridized carbons (Fsp3) is 0.0833. The topological polar surface area (TPSA) is 120 Å². The molecule has 0 saturated heterocycles. The van der Waals surface area contributed by atoms with Crippen LogP contribution >= 0.6 is 0 Å². The highest BCUT2D eigenvalue weighted by Gasteiger charge is 2.14. The zero-order valence-electron chi connectivity index (χ0n) is 17.0. The molecule has 2 heterocycles. The van der Waals surface area contributed by atoms with Crippen LogP contribution in [0.15, 0.2) is 77.9 Å². The van der Waals surface area contributed by atoms with E-state index in [0.29, 0.717) is 35.0 Å². The van der Waals surface area contributed by atoms with Crippen LogP contribution in [-0.2, 0) is 13.0 Å². The van der Waals surface area contributed by atoms with Gasteiger partial charge in [0.1, 0.15) is 5.69 Å². The first kappa shape index (κ1) is 19.5. The molecule has 0 fully saturated rings. The standard InChI is InChI=1S/C24H19N5O3/c25-20-7-5-16(13-23(20)29(31)32)15-6-8-22-19(12-15)24(30)28(14-26-22)10-9-18-11-17-3-1-2-4-21(17)27-18/h1-8,11-14,27H,9-10,25H2. The van der Waals surface area contributed by atoms with E-state index < -0.39 is 4.92 Å². The summed E-state index contributed by atoms with van der Waals surface area (Å²) < 4.78 is 1.59. The van der Waals surface area contributed by atoms with Gasteiger partial charge in [0, 0.05) is 30.2 Å². The number of nitrogens with zero attached hydrogens (tertiary/aromatic N) is 3. The van der Waals surface area contributed by atoms with E-state index in [-0.39, 0.29) is 16.9 Å². The lowest BCUT2D eigenvalue weighted by atomic mass is 10.0. The van der Waals surface area contributed by atoms with Crippen molar-refractivity contribution in [3.8, 4) is 11.1 Å². The maximum atomic E-state index is 13.1. The molecule has 0 aliphatic heterocycles. The number of aryl methyl sites for hydroxylation is 2. The number of hydrogen-bond acceptors (Lipinski definition) is 5. The number of hydrogen-bond donors (Lipinski definition) is 2. The van der Waals surface area contributed by atoms with Gasteiger partial charge in [-0.2, -0.15) is 0 Å². The van der Waals surface area contributed by atoms with E-state index in [1.807, 2.05) is 24.3 Å². The van der Waals surface area contributed by atoms with Gasteiger partial charge in [0.25, 0.3) is 11.2 Å². The van der Waals surface area contributed by atoms with Crippen LogP contribution in [0.1, 0.15) is 5.69 Å². The molecule has 0 amide bonds. The van der Waals surface area contributed by atoms with Crippen molar-refractivity contribution >= 4 is 33.2 Å². The van der Waals surface area contributed by atoms with Crippen LogP contribution in [0.3, 0.4) is 0 Å². The number of nitrogens with one attached hydrogen (secondary N) is 1. The summed E-state index contributed by atoms with van der Waals surface area (Å²) in [5.74, 6) is 0. The number of nitro groups is 1. The van der Waals surface area contributed by atoms with Crippen LogP contribution in [0.2, 0.25) is 0 Å². The summed E-state index contributed by atoms with van der Waals surface area (Å²) in [6.45, 7) is 0.478. The fourth-order valence-corrected chi connectivity index (χ4v) is 3.89. The molecule has 0 saturated carbocycles. The van der Waals surface area contributed by atoms with Crippen LogP contribution in [0, 0.1) is 10.1 Å². The maximum Gasteiger partial charge on any atom is 0.292 e. The number of H-pyrrole nitrogens is 1. The lowest BCUT2D eigenvalue weighted by molar-refractivity contribution is -0.383. The molecule has 0 bridgehead atoms. The van der Waals surface area contributed by atoms with Gasteiger partial charge in [-0.25, -0.2) is 4.98 Å². The van der Waals surface area contributed by atoms with Gasteiger partial charge in [-0.3, -0.25) is 19.5 Å². The highest BCUT2D eigenvalue weighted by Crippen LogP contribution is 2.29. The lowest BCUT2D eigenvalue weighted by Gasteiger charge is -2.08. The normalized spacial score (nSPS) is 11.2. The average molecular weight is 425 g/mol. The Morgan fingerprint density at radius 2 is 1.81 bits per heavy atom. The lowest BCUT2D eigenvalue weighted by Crippen LogP contribution is -2.21. The number of benzene rings is 3. The molecule has 0 spiro atoms. The summed E-state index contributed by atoms with van der Waals surface area (Å²) >= 11 is 0. The smallest absolute Gasteiger partial charge is 0.292 e. The summed E-state index contributed by atoms with van der Waals surface area (Å²) in [6, 6.07) is 20.0. The van der Waals surface area contributed by atoms with Crippen molar-refractivity contribution in [1.29, 1.82) is 0 Å². The van der Waals surface area contributed by atoms with Gasteiger partial charge in [0.2, 0.25) is 0 Å². The van der Waals surface area contributed by atoms with Crippen molar-refractivity contribution in [3.63, 3.8) is 0 Å². The Kier molecular flexibility index (Phi) is 4.67. The van der Waals surface area contributed by atoms with Crippen LogP contribution < -0.4 is 11.3 Å². The molecule has 0 aliphatic carbocycles. The van der Waals surface area contributed by atoms with Gasteiger partial charge in [-0.1, -0.05) is 30.3 Å². The Bertz CT molecular complexity index is 1520. The molecule has 8 nitrogen and oxygen atoms in total. The third-order valence-corrected chi connectivity index (χ3v) is 5.59. The Hall–Kier alpha value is -4.46. The molecule has 0 atom stereocenters. The van der Waals surface area contributed by atoms with Crippen molar-refractivity contribution in [2.75, 3.05) is 5.73 Å². The Labute approximate surface area is 182 Å². The second-order valence-corrected chi connectivity index (χ2v) is 7.64. The highest BCUT2D eigenvalue weighted by molar-refractivity contribution is 5.85. The number of para-hydroxylation sites is 1. The molecule has 5 aromatic rings. The van der Waals surface area contributed by atoms with E-state index in [1.54, 1.807) is 35.2 Å². The second-order valence-electron chi connectivity index (χ2n) is 7.64. The summed E-state index contributed by atoms with van der Waals surface area (Å²) in [4.78, 5) is 31.6. The maximum absolute atomic E-state index is 13.1. The summed E-state index contributed by atoms with van der Waals surface area (Å²) in [5, 5.41) is 12.8. The van der Waals surface area contributed by atoms with Crippen molar-refractivity contribution in [2.45, 2.75) is 13.0 Å². The molecule has 5 rings (SSSR count). The minimum atomic E-state index is -0.515. The molecule has 0 unspecified atom stereocenters. The monoisotopic (exact) mass is 425 g/mol. The molecular weight excluding hydrogens is 406 g/mol. The average Bonchev–Trinajstić information content (AvgIpc) is 3.22. The van der Waals surface area contributed by atoms with Gasteiger partial charge in [-0.15, -0.1) is 0 Å². The van der Waals surface area contributed by atoms with Gasteiger partial charge < -0.3 is 10.7 Å². The Morgan fingerprint density at radius 3 is 2.62 bits per heavy atom. The third kappa shape index (κ3) is 3.47. The molecule has 32 heavy (non-hydrogen) atoms. The molecule has 8 heteroatoms. The van der Waals surface area contributed by atoms with Gasteiger partial charge in [-0.05, 0) is 46.8 Å². The molecule has 2 aromatic heterocycles. The van der Waals surface area contributed by atoms with E-state index >= 15 is 0 Å². The number of aromatic amines is 1. The summed E-state index contributed by atoms with van der Waals surface area (Å²) in [7, 11) is 0. The first-order valence-corrected chi connectivity index (χ1v) is 10.1. The Morgan fingerprint density at radius 1 is 1.03 bits per heavy atom. The molecule has 3 aromatic carbocycles. The zero-order chi connectivity index (χ0) is 22.2. The number of nitrogen functional groups attached to an aromatic ring is 1. The largest absolute Gasteiger partial charge is 0.393 e. The minimum absolute atomic E-state index is 0.0977. The Balaban J connectivity index is 1.48. The van der Waals surface area contributed by atoms with Gasteiger partial charge >= 0.3 is 0 Å². The van der Waals surface area contributed by atoms with E-state index in [1.165, 1.54) is 12.1 Å². The van der Waals surface area contributed by atoms with Crippen molar-refractivity contribution in [1.82, 2.24) is 14.5 Å². The molecule has 158 valence electrons. The van der Waals surface area contributed by atoms with Gasteiger partial charge in [0.15, 0.2) is 0 Å². The predicted molar refractivity (Wildman–Crippen MR) is 125 cm³/mol. The van der Waals surface area contributed by atoms with Crippen LogP contribution in [0.25, 0.3) is 32.9 Å². The first-order valence-electron chi connectivity index (χ1n) is 10.1. The van der Waals surface area contributed by atoms with Crippen LogP contribution in [0.4, 0.5) is 11.4 Å². The number of nitrogens with two attached hydrogens (primary N) is 1. The number of rotatable bonds is 5. The van der Waals surface area contributed by atoms with Crippen LogP contribution in [0.5, 0.6) is 0 Å². The van der Waals surface area contributed by atoms with Crippen molar-refractivity contribution in [2.24, 2.45) is 0 Å². The SMILES string of the molecule is Nc1ccc(-c2ccc3ncn(CCc4cc5ccccc5[nH]4)c(=O)c3c2)cc1[N+](=O)[O-]. The third-order valence-electron chi connectivity index (χ3n) is 5.59. The quantitative estimate of drug-likeness (QED) is 0.247. The first-order chi connectivity index (χ1) is 15.5. The summed E-state index contributed by atoms with van der Waals surface area (Å²) in [5.41, 5.74) is 9.46. The molecule has 0 aliphatic rings. The number of anilines is 1. The predicted octanol–water partition coefficient (Wildman–Crippen LogP) is 4.28. The number of aromatic nitrogens is 3. The van der Waals surface area contributed by atoms with Crippen molar-refractivity contribution < 1.29 is 4.92 Å². The second kappa shape index (κ2) is 7.66. The van der Waals surface area contributed by atoms with E-state index in [2.05, 4.69) is 16.0 Å². The van der Waals surface area contributed by atoms with E-state index in [4.69, 9.17) is 5.73 Å². The van der Waals surface area contributed by atoms with E-state index in [0.717, 1.165) is 16.6 Å². The number of nitro benzene ring substituents is 1. The van der Waals surface area contributed by atoms with E-state index in [9.17, 15) is 14.9 Å². The van der Waals surface area contributed by atoms with Crippen LogP contribution in [-0.4, -0.2) is 19.5 Å². The van der Waals surface area contributed by atoms with Gasteiger partial charge in [0.05, 0.1) is 22.2 Å². The zero-order valence-corrected chi connectivity index (χ0v) is 17.0. The number of fused-ring (bicyclic) bond motifs is 2. The summed E-state index contributed by atoms with van der Waals surface area (Å²) in [6.07, 6.45) is 2.21. The molecular formula is C24H19N5O3. The molecule has 3 N–H and O–H groups in total. The van der Waals surface area contributed by atoms with Crippen molar-refractivity contribution in [3.05, 3.63) is 99.2 Å². The minimum Gasteiger partial charge on any atom is -0.393 e. The fourth-order valence-electron chi connectivity index (χ4n) is 3.89. The molecule has 0 radical (unpaired) electrons.